The Labute approximate surface area is 77.4 Å². The standard InChI is InChI=1S/C8H15N3O2/c1-3-6(4-2)5-10-11-8(13)7(9)12/h5-6H,3-4H2,1-2H3,(H2,9,12)(H,11,13)/b10-5+. The Morgan fingerprint density at radius 1 is 1.46 bits per heavy atom. The van der Waals surface area contributed by atoms with Gasteiger partial charge in [0.25, 0.3) is 0 Å². The number of carbonyl (C=O) groups is 2. The summed E-state index contributed by atoms with van der Waals surface area (Å²) in [4.78, 5) is 20.9. The molecule has 0 unspecified atom stereocenters. The molecular weight excluding hydrogens is 170 g/mol. The smallest absolute Gasteiger partial charge is 0.329 e. The van der Waals surface area contributed by atoms with Gasteiger partial charge >= 0.3 is 11.8 Å². The van der Waals surface area contributed by atoms with Crippen LogP contribution in [-0.4, -0.2) is 18.0 Å². The summed E-state index contributed by atoms with van der Waals surface area (Å²) < 4.78 is 0. The minimum Gasteiger partial charge on any atom is -0.361 e. The van der Waals surface area contributed by atoms with Crippen molar-refractivity contribution in [2.75, 3.05) is 0 Å². The van der Waals surface area contributed by atoms with Crippen molar-refractivity contribution in [1.82, 2.24) is 5.43 Å². The Bertz CT molecular complexity index is 209. The monoisotopic (exact) mass is 185 g/mol. The highest BCUT2D eigenvalue weighted by molar-refractivity contribution is 6.34. The number of nitrogens with one attached hydrogen (secondary N) is 1. The first kappa shape index (κ1) is 11.6. The third-order valence-corrected chi connectivity index (χ3v) is 1.72. The normalized spacial score (nSPS) is 10.7. The highest BCUT2D eigenvalue weighted by Gasteiger charge is 2.05. The van der Waals surface area contributed by atoms with Gasteiger partial charge in [0.1, 0.15) is 0 Å². The molecule has 74 valence electrons. The van der Waals surface area contributed by atoms with Crippen LogP contribution in [0.3, 0.4) is 0 Å². The molecule has 0 bridgehead atoms. The molecule has 0 aromatic carbocycles. The Kier molecular flexibility index (Phi) is 5.50. The Morgan fingerprint density at radius 2 is 2.00 bits per heavy atom. The molecule has 0 rings (SSSR count). The summed E-state index contributed by atoms with van der Waals surface area (Å²) in [6.07, 6.45) is 3.51. The Balaban J connectivity index is 3.86. The Hall–Kier alpha value is -1.39. The van der Waals surface area contributed by atoms with Gasteiger partial charge in [0.2, 0.25) is 0 Å². The van der Waals surface area contributed by atoms with Gasteiger partial charge in [-0.3, -0.25) is 9.59 Å². The number of nitrogens with two attached hydrogens (primary N) is 1. The summed E-state index contributed by atoms with van der Waals surface area (Å²) in [5.74, 6) is -1.59. The number of nitrogens with zero attached hydrogens (tertiary/aromatic N) is 1. The first-order valence-electron chi connectivity index (χ1n) is 4.24. The van der Waals surface area contributed by atoms with E-state index in [2.05, 4.69) is 5.10 Å². The number of hydrogen-bond donors (Lipinski definition) is 2. The van der Waals surface area contributed by atoms with Crippen molar-refractivity contribution < 1.29 is 9.59 Å². The van der Waals surface area contributed by atoms with Gasteiger partial charge < -0.3 is 5.73 Å². The van der Waals surface area contributed by atoms with Gasteiger partial charge in [-0.2, -0.15) is 5.10 Å². The quantitative estimate of drug-likeness (QED) is 0.367. The fourth-order valence-corrected chi connectivity index (χ4v) is 0.756. The van der Waals surface area contributed by atoms with Crippen molar-refractivity contribution in [2.24, 2.45) is 16.8 Å². The molecule has 0 fully saturated rings. The average molecular weight is 185 g/mol. The summed E-state index contributed by atoms with van der Waals surface area (Å²) >= 11 is 0. The zero-order valence-electron chi connectivity index (χ0n) is 7.91. The predicted molar refractivity (Wildman–Crippen MR) is 49.9 cm³/mol. The molecule has 5 heteroatoms. The van der Waals surface area contributed by atoms with Gasteiger partial charge in [0.15, 0.2) is 0 Å². The molecule has 0 saturated carbocycles. The number of amides is 2. The molecule has 2 amide bonds. The minimum absolute atomic E-state index is 0.327. The van der Waals surface area contributed by atoms with E-state index in [1.165, 1.54) is 0 Å². The Morgan fingerprint density at radius 3 is 2.38 bits per heavy atom. The van der Waals surface area contributed by atoms with Crippen LogP contribution >= 0.6 is 0 Å². The van der Waals surface area contributed by atoms with Crippen molar-refractivity contribution in [2.45, 2.75) is 26.7 Å². The third kappa shape index (κ3) is 4.95. The number of primary amides is 1. The van der Waals surface area contributed by atoms with Crippen molar-refractivity contribution in [3.05, 3.63) is 0 Å². The van der Waals surface area contributed by atoms with E-state index in [4.69, 9.17) is 5.73 Å². The second-order valence-corrected chi connectivity index (χ2v) is 2.66. The van der Waals surface area contributed by atoms with E-state index in [9.17, 15) is 9.59 Å². The highest BCUT2D eigenvalue weighted by Crippen LogP contribution is 2.02. The van der Waals surface area contributed by atoms with Crippen molar-refractivity contribution >= 4 is 18.0 Å². The third-order valence-electron chi connectivity index (χ3n) is 1.72. The van der Waals surface area contributed by atoms with Gasteiger partial charge in [-0.25, -0.2) is 5.43 Å². The fraction of sp³-hybridized carbons (Fsp3) is 0.625. The van der Waals surface area contributed by atoms with Gasteiger partial charge in [-0.1, -0.05) is 13.8 Å². The molecule has 0 heterocycles. The van der Waals surface area contributed by atoms with Gasteiger partial charge in [0, 0.05) is 6.21 Å². The molecule has 0 saturated heterocycles. The second-order valence-electron chi connectivity index (χ2n) is 2.66. The molecule has 0 aliphatic rings. The molecule has 13 heavy (non-hydrogen) atoms. The zero-order valence-corrected chi connectivity index (χ0v) is 7.91. The van der Waals surface area contributed by atoms with Crippen LogP contribution in [-0.2, 0) is 9.59 Å². The summed E-state index contributed by atoms with van der Waals surface area (Å²) in [5, 5.41) is 3.61. The van der Waals surface area contributed by atoms with E-state index in [0.717, 1.165) is 12.8 Å². The minimum atomic E-state index is -1.03. The lowest BCUT2D eigenvalue weighted by molar-refractivity contribution is -0.137. The number of hydrogen-bond acceptors (Lipinski definition) is 3. The van der Waals surface area contributed by atoms with E-state index in [1.54, 1.807) is 6.21 Å². The molecular formula is C8H15N3O2. The zero-order chi connectivity index (χ0) is 10.3. The van der Waals surface area contributed by atoms with Crippen LogP contribution in [0.5, 0.6) is 0 Å². The van der Waals surface area contributed by atoms with E-state index < -0.39 is 11.8 Å². The maximum atomic E-state index is 10.6. The van der Waals surface area contributed by atoms with E-state index in [0.29, 0.717) is 5.92 Å². The van der Waals surface area contributed by atoms with Gasteiger partial charge in [-0.05, 0) is 18.8 Å². The van der Waals surface area contributed by atoms with Crippen molar-refractivity contribution in [3.8, 4) is 0 Å². The van der Waals surface area contributed by atoms with Gasteiger partial charge in [0.05, 0.1) is 0 Å². The summed E-state index contributed by atoms with van der Waals surface area (Å²) in [5.41, 5.74) is 6.73. The van der Waals surface area contributed by atoms with Crippen LogP contribution < -0.4 is 11.2 Å². The lowest BCUT2D eigenvalue weighted by Gasteiger charge is -2.03. The first-order chi connectivity index (χ1) is 6.11. The fourth-order valence-electron chi connectivity index (χ4n) is 0.756. The van der Waals surface area contributed by atoms with Crippen LogP contribution in [0.4, 0.5) is 0 Å². The lowest BCUT2D eigenvalue weighted by Crippen LogP contribution is -2.33. The first-order valence-corrected chi connectivity index (χ1v) is 4.24. The lowest BCUT2D eigenvalue weighted by atomic mass is 10.1. The molecule has 5 nitrogen and oxygen atoms in total. The predicted octanol–water partition coefficient (Wildman–Crippen LogP) is 0.00990. The van der Waals surface area contributed by atoms with Gasteiger partial charge in [-0.15, -0.1) is 0 Å². The topological polar surface area (TPSA) is 84.6 Å². The summed E-state index contributed by atoms with van der Waals surface area (Å²) in [6, 6.07) is 0. The van der Waals surface area contributed by atoms with Crippen LogP contribution in [0.1, 0.15) is 26.7 Å². The van der Waals surface area contributed by atoms with E-state index >= 15 is 0 Å². The molecule has 0 aromatic heterocycles. The largest absolute Gasteiger partial charge is 0.361 e. The van der Waals surface area contributed by atoms with E-state index in [1.807, 2.05) is 19.3 Å². The molecule has 0 aromatic rings. The summed E-state index contributed by atoms with van der Waals surface area (Å²) in [6.45, 7) is 4.05. The molecule has 0 spiro atoms. The molecule has 0 aliphatic carbocycles. The highest BCUT2D eigenvalue weighted by atomic mass is 16.2. The number of carbonyl (C=O) groups excluding carboxylic acids is 2. The SMILES string of the molecule is CCC(/C=N/NC(=O)C(N)=O)CC. The number of hydrazone groups is 1. The average Bonchev–Trinajstić information content (AvgIpc) is 2.12. The summed E-state index contributed by atoms with van der Waals surface area (Å²) in [7, 11) is 0. The van der Waals surface area contributed by atoms with Crippen LogP contribution in [0.25, 0.3) is 0 Å². The van der Waals surface area contributed by atoms with E-state index in [-0.39, 0.29) is 0 Å². The van der Waals surface area contributed by atoms with Crippen LogP contribution in [0, 0.1) is 5.92 Å². The van der Waals surface area contributed by atoms with Crippen molar-refractivity contribution in [1.29, 1.82) is 0 Å². The second kappa shape index (κ2) is 6.16. The maximum Gasteiger partial charge on any atom is 0.329 e. The van der Waals surface area contributed by atoms with Crippen LogP contribution in [0.2, 0.25) is 0 Å². The van der Waals surface area contributed by atoms with Crippen LogP contribution in [0.15, 0.2) is 5.10 Å². The van der Waals surface area contributed by atoms with Crippen molar-refractivity contribution in [3.63, 3.8) is 0 Å². The molecule has 3 N–H and O–H groups in total. The maximum absolute atomic E-state index is 10.6. The molecule has 0 radical (unpaired) electrons. The molecule has 0 aliphatic heterocycles. The molecule has 0 atom stereocenters. The number of rotatable bonds is 4.